The molecule has 2 amide bonds. The van der Waals surface area contributed by atoms with Gasteiger partial charge in [0.2, 0.25) is 11.8 Å². The van der Waals surface area contributed by atoms with Crippen molar-refractivity contribution in [1.82, 2.24) is 23.7 Å². The number of phenolic OH excluding ortho intramolecular Hbond substituents is 1. The van der Waals surface area contributed by atoms with Gasteiger partial charge in [-0.25, -0.2) is 28.4 Å². The second-order valence-electron chi connectivity index (χ2n) is 14.8. The zero-order valence-electron chi connectivity index (χ0n) is 29.9. The summed E-state index contributed by atoms with van der Waals surface area (Å²) in [5, 5.41) is 19.9. The first-order valence-corrected chi connectivity index (χ1v) is 19.2. The Morgan fingerprint density at radius 1 is 0.909 bits per heavy atom. The number of carbonyl (C=O) groups excluding carboxylic acids is 2. The summed E-state index contributed by atoms with van der Waals surface area (Å²) in [5.74, 6) is -2.27. The number of para-hydroxylation sites is 1. The highest BCUT2D eigenvalue weighted by molar-refractivity contribution is 7.22. The van der Waals surface area contributed by atoms with Crippen molar-refractivity contribution in [3.8, 4) is 22.0 Å². The molecule has 11 nitrogen and oxygen atoms in total. The van der Waals surface area contributed by atoms with Crippen molar-refractivity contribution >= 4 is 61.4 Å². The Labute approximate surface area is 322 Å². The van der Waals surface area contributed by atoms with Crippen molar-refractivity contribution in [2.24, 2.45) is 18.4 Å². The van der Waals surface area contributed by atoms with Gasteiger partial charge >= 0.3 is 11.4 Å². The van der Waals surface area contributed by atoms with Crippen LogP contribution in [-0.4, -0.2) is 40.6 Å². The summed E-state index contributed by atoms with van der Waals surface area (Å²) in [6.07, 6.45) is 1.98. The number of thiophene rings is 1. The summed E-state index contributed by atoms with van der Waals surface area (Å²) in [4.78, 5) is 60.5. The van der Waals surface area contributed by atoms with Crippen LogP contribution in [0.5, 0.6) is 5.75 Å². The van der Waals surface area contributed by atoms with Gasteiger partial charge < -0.3 is 5.11 Å². The highest BCUT2D eigenvalue weighted by Gasteiger charge is 2.66. The zero-order chi connectivity index (χ0) is 38.1. The molecule has 1 aliphatic carbocycles. The van der Waals surface area contributed by atoms with Crippen LogP contribution in [0.3, 0.4) is 0 Å². The van der Waals surface area contributed by atoms with Crippen LogP contribution in [0.25, 0.3) is 37.1 Å². The minimum Gasteiger partial charge on any atom is -0.507 e. The molecule has 0 radical (unpaired) electrons. The molecule has 0 bridgehead atoms. The highest BCUT2D eigenvalue weighted by Crippen LogP contribution is 2.62. The van der Waals surface area contributed by atoms with Gasteiger partial charge in [-0.1, -0.05) is 72.3 Å². The monoisotopic (exact) mass is 768 g/mol. The summed E-state index contributed by atoms with van der Waals surface area (Å²) in [5.41, 5.74) is 0.803. The molecule has 2 fully saturated rings. The maximum Gasteiger partial charge on any atom is 0.352 e. The number of phenols is 1. The molecule has 7 aromatic rings. The third-order valence-electron chi connectivity index (χ3n) is 12.0. The molecule has 1 saturated heterocycles. The molecular formula is C42H33ClN6O5S. The molecule has 55 heavy (non-hydrogen) atoms. The molecule has 13 heteroatoms. The molecule has 4 aromatic carbocycles. The van der Waals surface area contributed by atoms with E-state index in [0.717, 1.165) is 30.5 Å². The van der Waals surface area contributed by atoms with E-state index < -0.39 is 46.5 Å². The van der Waals surface area contributed by atoms with Gasteiger partial charge in [0.25, 0.3) is 0 Å². The van der Waals surface area contributed by atoms with Crippen LogP contribution in [0, 0.1) is 18.3 Å². The van der Waals surface area contributed by atoms with Gasteiger partial charge in [0.1, 0.15) is 17.3 Å². The smallest absolute Gasteiger partial charge is 0.352 e. The largest absolute Gasteiger partial charge is 0.507 e. The summed E-state index contributed by atoms with van der Waals surface area (Å²) >= 11 is 7.89. The van der Waals surface area contributed by atoms with Crippen LogP contribution in [0.1, 0.15) is 36.4 Å². The molecule has 4 unspecified atom stereocenters. The van der Waals surface area contributed by atoms with Gasteiger partial charge in [-0.05, 0) is 72.5 Å². The van der Waals surface area contributed by atoms with Crippen molar-refractivity contribution in [2.45, 2.75) is 38.8 Å². The number of anilines is 1. The van der Waals surface area contributed by atoms with Crippen LogP contribution in [-0.2, 0) is 23.2 Å². The van der Waals surface area contributed by atoms with Crippen molar-refractivity contribution in [3.63, 3.8) is 0 Å². The Morgan fingerprint density at radius 2 is 1.67 bits per heavy atom. The Morgan fingerprint density at radius 3 is 2.47 bits per heavy atom. The summed E-state index contributed by atoms with van der Waals surface area (Å²) in [7, 11) is 1.71. The number of benzene rings is 4. The molecule has 1 N–H and O–H groups in total. The fourth-order valence-electron chi connectivity index (χ4n) is 9.36. The first-order valence-electron chi connectivity index (χ1n) is 18.0. The predicted octanol–water partition coefficient (Wildman–Crippen LogP) is 7.10. The number of rotatable bonds is 4. The summed E-state index contributed by atoms with van der Waals surface area (Å²) in [6.45, 7) is 3.87. The molecular weight excluding hydrogens is 736 g/mol. The van der Waals surface area contributed by atoms with E-state index in [9.17, 15) is 19.5 Å². The van der Waals surface area contributed by atoms with Crippen molar-refractivity contribution < 1.29 is 14.7 Å². The number of aryl methyl sites for hydroxylation is 2. The van der Waals surface area contributed by atoms with Crippen molar-refractivity contribution in [2.75, 3.05) is 4.90 Å². The lowest BCUT2D eigenvalue weighted by atomic mass is 9.56. The normalized spacial score (nSPS) is 21.9. The number of hydrogen-bond acceptors (Lipinski definition) is 7. The topological polar surface area (TPSA) is 124 Å². The number of fused-ring (bicyclic) bond motifs is 6. The number of halogens is 1. The molecule has 1 saturated carbocycles. The van der Waals surface area contributed by atoms with Gasteiger partial charge in [0.15, 0.2) is 0 Å². The van der Waals surface area contributed by atoms with E-state index in [1.807, 2.05) is 73.7 Å². The number of aromatic hydroxyl groups is 1. The number of hydrogen-bond donors (Lipinski definition) is 1. The van der Waals surface area contributed by atoms with Gasteiger partial charge in [-0.2, -0.15) is 5.10 Å². The molecule has 5 heterocycles. The third kappa shape index (κ3) is 4.52. The van der Waals surface area contributed by atoms with Gasteiger partial charge in [0, 0.05) is 39.7 Å². The number of imide groups is 1. The maximum absolute atomic E-state index is 15.2. The number of allylic oxidation sites excluding steroid dienone is 2. The third-order valence-corrected chi connectivity index (χ3v) is 13.5. The van der Waals surface area contributed by atoms with Crippen molar-refractivity contribution in [3.05, 3.63) is 140 Å². The van der Waals surface area contributed by atoms with E-state index in [0.29, 0.717) is 38.7 Å². The Balaban J connectivity index is 1.15. The Kier molecular flexibility index (Phi) is 7.18. The lowest BCUT2D eigenvalue weighted by Crippen LogP contribution is -2.49. The molecule has 10 rings (SSSR count). The summed E-state index contributed by atoms with van der Waals surface area (Å²) in [6, 6.07) is 26.6. The van der Waals surface area contributed by atoms with E-state index in [1.165, 1.54) is 14.3 Å². The highest BCUT2D eigenvalue weighted by atomic mass is 35.5. The number of carbonyl (C=O) groups is 2. The first kappa shape index (κ1) is 33.6. The second kappa shape index (κ2) is 11.8. The van der Waals surface area contributed by atoms with Gasteiger partial charge in [-0.15, -0.1) is 11.3 Å². The van der Waals surface area contributed by atoms with E-state index in [2.05, 4.69) is 0 Å². The van der Waals surface area contributed by atoms with E-state index in [1.54, 1.807) is 60.3 Å². The predicted molar refractivity (Wildman–Crippen MR) is 212 cm³/mol. The molecule has 2 aliphatic heterocycles. The molecule has 3 aromatic heterocycles. The van der Waals surface area contributed by atoms with E-state index in [-0.39, 0.29) is 18.7 Å². The van der Waals surface area contributed by atoms with Crippen LogP contribution >= 0.6 is 22.9 Å². The fourth-order valence-corrected chi connectivity index (χ4v) is 10.7. The standard InChI is InChI=1S/C42H33ClN6O5S/c1-22-29-19-24(43)14-16-33(29)55-37(22)31-21-34(45(3)44-31)48-38(51)30-20-32-27(17-18-46-40(53)47(41(54)49(32)46)25-10-5-4-6-11-25)35(42(30,2)39(48)52)28-15-13-23-9-7-8-12-26(23)36(28)50/h4-17,19,21,30,32,35,50H,18,20H2,1-3H3. The fraction of sp³-hybridized carbons (Fsp3) is 0.214. The minimum atomic E-state index is -1.37. The Bertz CT molecular complexity index is 2970. The lowest BCUT2D eigenvalue weighted by molar-refractivity contribution is -0.129. The van der Waals surface area contributed by atoms with Gasteiger partial charge in [0.05, 0.1) is 34.5 Å². The average molecular weight is 769 g/mol. The van der Waals surface area contributed by atoms with E-state index >= 15 is 4.79 Å². The van der Waals surface area contributed by atoms with Crippen molar-refractivity contribution in [1.29, 1.82) is 0 Å². The number of nitrogens with zero attached hydrogens (tertiary/aromatic N) is 6. The van der Waals surface area contributed by atoms with E-state index in [4.69, 9.17) is 16.7 Å². The zero-order valence-corrected chi connectivity index (χ0v) is 31.5. The van der Waals surface area contributed by atoms with Gasteiger partial charge in [-0.3, -0.25) is 14.3 Å². The molecule has 4 atom stereocenters. The van der Waals surface area contributed by atoms with Crippen LogP contribution < -0.4 is 16.3 Å². The Hall–Kier alpha value is -5.98. The van der Waals surface area contributed by atoms with Crippen LogP contribution in [0.4, 0.5) is 5.82 Å². The number of amides is 2. The second-order valence-corrected chi connectivity index (χ2v) is 16.3. The molecule has 3 aliphatic rings. The number of aromatic nitrogens is 5. The molecule has 0 spiro atoms. The summed E-state index contributed by atoms with van der Waals surface area (Å²) < 4.78 is 6.58. The lowest BCUT2D eigenvalue weighted by Gasteiger charge is -2.47. The van der Waals surface area contributed by atoms with Crippen LogP contribution in [0.15, 0.2) is 112 Å². The van der Waals surface area contributed by atoms with Crippen LogP contribution in [0.2, 0.25) is 5.02 Å². The first-order chi connectivity index (χ1) is 26.5. The average Bonchev–Trinajstić information content (AvgIpc) is 3.86. The SMILES string of the molecule is Cc1c(-c2cc(N3C(=O)C4CC5C(=CCn6c(=O)n(-c7ccccc7)c(=O)n65)C(c5ccc6ccccc6c5O)C4(C)C3=O)n(C)n2)sc2ccc(Cl)cc12. The quantitative estimate of drug-likeness (QED) is 0.151. The molecule has 274 valence electrons. The maximum atomic E-state index is 15.2. The minimum absolute atomic E-state index is 0.00338.